The number of carbonyl (C=O) groups excluding carboxylic acids is 1. The summed E-state index contributed by atoms with van der Waals surface area (Å²) in [6.07, 6.45) is 0.918. The molecule has 1 N–H and O–H groups in total. The molecular formula is C16H22Cl2N2O2. The molecule has 0 aliphatic rings. The highest BCUT2D eigenvalue weighted by molar-refractivity contribution is 6.35. The molecule has 0 fully saturated rings. The molecule has 0 spiro atoms. The summed E-state index contributed by atoms with van der Waals surface area (Å²) in [5.41, 5.74) is 3.38. The average Bonchev–Trinajstić information content (AvgIpc) is 2.41. The fourth-order valence-corrected chi connectivity index (χ4v) is 1.84. The number of nitrogens with one attached hydrogen (secondary N) is 1. The number of hydrogen-bond donors (Lipinski definition) is 1. The van der Waals surface area contributed by atoms with Crippen LogP contribution in [0.2, 0.25) is 10.0 Å². The zero-order valence-electron chi connectivity index (χ0n) is 13.4. The Hall–Kier alpha value is -1.26. The van der Waals surface area contributed by atoms with Crippen LogP contribution in [0.1, 0.15) is 40.5 Å². The Balaban J connectivity index is 2.31. The first kappa shape index (κ1) is 18.8. The van der Waals surface area contributed by atoms with E-state index in [2.05, 4.69) is 10.5 Å². The summed E-state index contributed by atoms with van der Waals surface area (Å²) in [4.78, 5) is 11.7. The van der Waals surface area contributed by atoms with E-state index in [4.69, 9.17) is 27.9 Å². The van der Waals surface area contributed by atoms with E-state index in [0.29, 0.717) is 35.2 Å². The Morgan fingerprint density at radius 3 is 2.59 bits per heavy atom. The van der Waals surface area contributed by atoms with Crippen LogP contribution in [0.4, 0.5) is 0 Å². The van der Waals surface area contributed by atoms with E-state index < -0.39 is 0 Å². The molecule has 0 atom stereocenters. The largest absolute Gasteiger partial charge is 0.492 e. The lowest BCUT2D eigenvalue weighted by Gasteiger charge is -2.17. The molecule has 0 bridgehead atoms. The number of hydrogen-bond acceptors (Lipinski definition) is 3. The van der Waals surface area contributed by atoms with Gasteiger partial charge < -0.3 is 4.74 Å². The lowest BCUT2D eigenvalue weighted by molar-refractivity contribution is -0.121. The summed E-state index contributed by atoms with van der Waals surface area (Å²) in [6.45, 7) is 8.42. The summed E-state index contributed by atoms with van der Waals surface area (Å²) >= 11 is 11.8. The molecule has 1 amide bonds. The van der Waals surface area contributed by atoms with Gasteiger partial charge in [0, 0.05) is 22.6 Å². The molecule has 0 unspecified atom stereocenters. The topological polar surface area (TPSA) is 50.7 Å². The first-order chi connectivity index (χ1) is 10.2. The smallest absolute Gasteiger partial charge is 0.240 e. The highest BCUT2D eigenvalue weighted by atomic mass is 35.5. The predicted octanol–water partition coefficient (Wildman–Crippen LogP) is 4.69. The van der Waals surface area contributed by atoms with Gasteiger partial charge in [-0.3, -0.25) is 4.79 Å². The van der Waals surface area contributed by atoms with Gasteiger partial charge in [0.05, 0.1) is 11.6 Å². The number of nitrogens with zero attached hydrogens (tertiary/aromatic N) is 1. The fourth-order valence-electron chi connectivity index (χ4n) is 1.38. The highest BCUT2D eigenvalue weighted by Crippen LogP contribution is 2.27. The monoisotopic (exact) mass is 344 g/mol. The third kappa shape index (κ3) is 6.67. The van der Waals surface area contributed by atoms with E-state index in [1.807, 2.05) is 27.7 Å². The second-order valence-corrected chi connectivity index (χ2v) is 6.85. The first-order valence-electron chi connectivity index (χ1n) is 7.11. The van der Waals surface area contributed by atoms with Gasteiger partial charge in [-0.15, -0.1) is 0 Å². The number of benzene rings is 1. The van der Waals surface area contributed by atoms with Gasteiger partial charge in [0.2, 0.25) is 5.91 Å². The molecule has 1 rings (SSSR count). The summed E-state index contributed by atoms with van der Waals surface area (Å²) in [6, 6.07) is 5.04. The maximum atomic E-state index is 11.7. The van der Waals surface area contributed by atoms with Gasteiger partial charge >= 0.3 is 0 Å². The molecule has 6 heteroatoms. The second-order valence-electron chi connectivity index (χ2n) is 6.01. The third-order valence-electron chi connectivity index (χ3n) is 3.13. The Bertz CT molecular complexity index is 552. The van der Waals surface area contributed by atoms with Crippen LogP contribution < -0.4 is 10.2 Å². The van der Waals surface area contributed by atoms with Crippen molar-refractivity contribution < 1.29 is 9.53 Å². The molecule has 0 aromatic heterocycles. The lowest BCUT2D eigenvalue weighted by atomic mass is 9.91. The van der Waals surface area contributed by atoms with Crippen LogP contribution >= 0.6 is 23.2 Å². The minimum Gasteiger partial charge on any atom is -0.492 e. The van der Waals surface area contributed by atoms with E-state index in [0.717, 1.165) is 5.71 Å². The van der Waals surface area contributed by atoms with Gasteiger partial charge in [-0.25, -0.2) is 5.43 Å². The Labute approximate surface area is 141 Å². The number of carbonyl (C=O) groups is 1. The maximum Gasteiger partial charge on any atom is 0.240 e. The molecule has 0 aliphatic carbocycles. The number of ether oxygens (including phenoxy) is 1. The van der Waals surface area contributed by atoms with E-state index in [-0.39, 0.29) is 11.3 Å². The predicted molar refractivity (Wildman–Crippen MR) is 91.9 cm³/mol. The summed E-state index contributed by atoms with van der Waals surface area (Å²) in [5.74, 6) is 0.433. The van der Waals surface area contributed by atoms with Crippen LogP contribution in [0, 0.1) is 5.41 Å². The molecular weight excluding hydrogens is 323 g/mol. The molecule has 22 heavy (non-hydrogen) atoms. The Kier molecular flexibility index (Phi) is 7.17. The van der Waals surface area contributed by atoms with Crippen molar-refractivity contribution in [1.29, 1.82) is 0 Å². The quantitative estimate of drug-likeness (QED) is 0.462. The van der Waals surface area contributed by atoms with Crippen molar-refractivity contribution in [1.82, 2.24) is 5.43 Å². The van der Waals surface area contributed by atoms with Gasteiger partial charge in [0.25, 0.3) is 0 Å². The molecule has 0 saturated carbocycles. The van der Waals surface area contributed by atoms with Crippen molar-refractivity contribution >= 4 is 34.8 Å². The Morgan fingerprint density at radius 2 is 2.00 bits per heavy atom. The van der Waals surface area contributed by atoms with Crippen LogP contribution in [0.15, 0.2) is 23.3 Å². The van der Waals surface area contributed by atoms with Crippen molar-refractivity contribution in [2.75, 3.05) is 6.61 Å². The highest BCUT2D eigenvalue weighted by Gasteiger charge is 2.14. The molecule has 0 aliphatic heterocycles. The van der Waals surface area contributed by atoms with Crippen molar-refractivity contribution in [2.45, 2.75) is 40.5 Å². The summed E-state index contributed by atoms with van der Waals surface area (Å²) < 4.78 is 5.52. The second kappa shape index (κ2) is 8.39. The number of hydrazone groups is 1. The minimum atomic E-state index is -0.130. The SMILES string of the molecule is C/C(=N/NC(=O)CCCOc1ccc(Cl)cc1Cl)C(C)(C)C. The summed E-state index contributed by atoms with van der Waals surface area (Å²) in [7, 11) is 0. The molecule has 0 radical (unpaired) electrons. The minimum absolute atomic E-state index is 0.0538. The van der Waals surface area contributed by atoms with E-state index in [1.54, 1.807) is 18.2 Å². The molecule has 122 valence electrons. The van der Waals surface area contributed by atoms with Crippen LogP contribution in [0.25, 0.3) is 0 Å². The zero-order chi connectivity index (χ0) is 16.8. The van der Waals surface area contributed by atoms with Gasteiger partial charge in [-0.2, -0.15) is 5.10 Å². The van der Waals surface area contributed by atoms with Crippen molar-refractivity contribution in [3.63, 3.8) is 0 Å². The zero-order valence-corrected chi connectivity index (χ0v) is 14.9. The average molecular weight is 345 g/mol. The number of amides is 1. The number of rotatable bonds is 6. The first-order valence-corrected chi connectivity index (χ1v) is 7.87. The number of halogens is 2. The normalized spacial score (nSPS) is 12.2. The summed E-state index contributed by atoms with van der Waals surface area (Å²) in [5, 5.41) is 5.12. The lowest BCUT2D eigenvalue weighted by Crippen LogP contribution is -2.24. The van der Waals surface area contributed by atoms with Crippen molar-refractivity contribution in [3.8, 4) is 5.75 Å². The van der Waals surface area contributed by atoms with E-state index >= 15 is 0 Å². The van der Waals surface area contributed by atoms with Gasteiger partial charge in [0.1, 0.15) is 5.75 Å². The van der Waals surface area contributed by atoms with Crippen molar-refractivity contribution in [2.24, 2.45) is 10.5 Å². The molecule has 0 saturated heterocycles. The van der Waals surface area contributed by atoms with Gasteiger partial charge in [0.15, 0.2) is 0 Å². The maximum absolute atomic E-state index is 11.7. The van der Waals surface area contributed by atoms with Crippen LogP contribution in [-0.2, 0) is 4.79 Å². The van der Waals surface area contributed by atoms with Gasteiger partial charge in [-0.1, -0.05) is 44.0 Å². The molecule has 1 aromatic rings. The van der Waals surface area contributed by atoms with Crippen LogP contribution in [0.5, 0.6) is 5.75 Å². The van der Waals surface area contributed by atoms with Crippen LogP contribution in [0.3, 0.4) is 0 Å². The molecule has 0 heterocycles. The fraction of sp³-hybridized carbons (Fsp3) is 0.500. The Morgan fingerprint density at radius 1 is 1.32 bits per heavy atom. The van der Waals surface area contributed by atoms with Crippen LogP contribution in [-0.4, -0.2) is 18.2 Å². The van der Waals surface area contributed by atoms with Crippen molar-refractivity contribution in [3.05, 3.63) is 28.2 Å². The molecule has 1 aromatic carbocycles. The standard InChI is InChI=1S/C16H22Cl2N2O2/c1-11(16(2,3)4)19-20-15(21)6-5-9-22-14-8-7-12(17)10-13(14)18/h7-8,10H,5-6,9H2,1-4H3,(H,20,21)/b19-11-. The molecule has 4 nitrogen and oxygen atoms in total. The van der Waals surface area contributed by atoms with E-state index in [9.17, 15) is 4.79 Å². The van der Waals surface area contributed by atoms with Gasteiger partial charge in [-0.05, 0) is 31.5 Å². The third-order valence-corrected chi connectivity index (χ3v) is 3.66. The van der Waals surface area contributed by atoms with E-state index in [1.165, 1.54) is 0 Å².